The van der Waals surface area contributed by atoms with Crippen LogP contribution in [0.1, 0.15) is 6.92 Å². The van der Waals surface area contributed by atoms with E-state index in [1.807, 2.05) is 0 Å². The number of carbonyl (C=O) groups is 2. The predicted molar refractivity (Wildman–Crippen MR) is 119 cm³/mol. The summed E-state index contributed by atoms with van der Waals surface area (Å²) in [5.74, 6) is -1.58. The predicted octanol–water partition coefficient (Wildman–Crippen LogP) is 4.26. The van der Waals surface area contributed by atoms with Crippen LogP contribution in [0.15, 0.2) is 60.7 Å². The average Bonchev–Trinajstić information content (AvgIpc) is 3.21. The van der Waals surface area contributed by atoms with Crippen molar-refractivity contribution in [2.45, 2.75) is 13.0 Å². The lowest BCUT2D eigenvalue weighted by molar-refractivity contribution is -0.123. The van der Waals surface area contributed by atoms with Crippen molar-refractivity contribution in [2.24, 2.45) is 0 Å². The maximum Gasteiger partial charge on any atom is 0.267 e. The molecule has 0 radical (unpaired) electrons. The van der Waals surface area contributed by atoms with Gasteiger partial charge in [0.25, 0.3) is 5.91 Å². The van der Waals surface area contributed by atoms with Crippen LogP contribution in [-0.2, 0) is 9.59 Å². The Bertz CT molecular complexity index is 1350. The Morgan fingerprint density at radius 3 is 2.58 bits per heavy atom. The van der Waals surface area contributed by atoms with Gasteiger partial charge in [-0.15, -0.1) is 0 Å². The first-order chi connectivity index (χ1) is 15.9. The minimum absolute atomic E-state index is 0.0996. The Hall–Kier alpha value is -4.27. The van der Waals surface area contributed by atoms with E-state index in [4.69, 9.17) is 4.74 Å². The number of rotatable bonds is 3. The zero-order chi connectivity index (χ0) is 23.1. The van der Waals surface area contributed by atoms with E-state index in [-0.39, 0.29) is 12.5 Å². The van der Waals surface area contributed by atoms with Crippen molar-refractivity contribution in [3.63, 3.8) is 0 Å². The van der Waals surface area contributed by atoms with Gasteiger partial charge in [-0.1, -0.05) is 12.1 Å². The first kappa shape index (κ1) is 20.6. The quantitative estimate of drug-likeness (QED) is 0.490. The fraction of sp³-hybridized carbons (Fsp3) is 0.125. The maximum atomic E-state index is 13.4. The molecular weight excluding hydrogens is 430 g/mol. The molecular formula is C24H18F2N4O3. The van der Waals surface area contributed by atoms with Gasteiger partial charge in [-0.2, -0.15) is 0 Å². The largest absolute Gasteiger partial charge is 0.476 e. The third kappa shape index (κ3) is 3.89. The molecule has 0 saturated carbocycles. The van der Waals surface area contributed by atoms with Crippen LogP contribution in [0.5, 0.6) is 5.75 Å². The number of anilines is 2. The molecule has 1 unspecified atom stereocenters. The zero-order valence-corrected chi connectivity index (χ0v) is 17.4. The number of para-hydroxylation sites is 2. The summed E-state index contributed by atoms with van der Waals surface area (Å²) in [6, 6.07) is 16.0. The molecule has 5 rings (SSSR count). The Kier molecular flexibility index (Phi) is 5.01. The van der Waals surface area contributed by atoms with Gasteiger partial charge in [-0.05, 0) is 36.4 Å². The smallest absolute Gasteiger partial charge is 0.267 e. The SMILES string of the molecule is CC(=O)N1CC(C(=O)Nc2ccc(-c3nc4cc(F)c(F)cc4[nH]3)cc2)Oc2ccccc21. The van der Waals surface area contributed by atoms with Gasteiger partial charge in [0, 0.05) is 30.3 Å². The van der Waals surface area contributed by atoms with E-state index >= 15 is 0 Å². The van der Waals surface area contributed by atoms with Crippen LogP contribution in [0.25, 0.3) is 22.4 Å². The first-order valence-electron chi connectivity index (χ1n) is 10.2. The van der Waals surface area contributed by atoms with Crippen molar-refractivity contribution in [1.82, 2.24) is 9.97 Å². The van der Waals surface area contributed by atoms with Gasteiger partial charge in [-0.3, -0.25) is 9.59 Å². The number of benzene rings is 3. The van der Waals surface area contributed by atoms with Crippen LogP contribution >= 0.6 is 0 Å². The number of imidazole rings is 1. The van der Waals surface area contributed by atoms with Gasteiger partial charge in [0.15, 0.2) is 17.7 Å². The number of nitrogens with one attached hydrogen (secondary N) is 2. The molecule has 4 aromatic rings. The fourth-order valence-electron chi connectivity index (χ4n) is 3.74. The van der Waals surface area contributed by atoms with Gasteiger partial charge in [0.1, 0.15) is 11.6 Å². The summed E-state index contributed by atoms with van der Waals surface area (Å²) < 4.78 is 32.7. The van der Waals surface area contributed by atoms with Crippen LogP contribution < -0.4 is 15.0 Å². The van der Waals surface area contributed by atoms with Gasteiger partial charge in [0.2, 0.25) is 5.91 Å². The fourth-order valence-corrected chi connectivity index (χ4v) is 3.74. The lowest BCUT2D eigenvalue weighted by Crippen LogP contribution is -2.48. The molecule has 33 heavy (non-hydrogen) atoms. The average molecular weight is 448 g/mol. The second kappa shape index (κ2) is 8.01. The minimum atomic E-state index is -0.963. The summed E-state index contributed by atoms with van der Waals surface area (Å²) in [5, 5.41) is 2.79. The zero-order valence-electron chi connectivity index (χ0n) is 17.4. The van der Waals surface area contributed by atoms with Crippen molar-refractivity contribution in [3.05, 3.63) is 72.3 Å². The lowest BCUT2D eigenvalue weighted by atomic mass is 10.1. The Morgan fingerprint density at radius 1 is 1.09 bits per heavy atom. The number of fused-ring (bicyclic) bond motifs is 2. The normalized spacial score (nSPS) is 15.1. The molecule has 2 amide bonds. The standard InChI is InChI=1S/C24H18F2N4O3/c1-13(31)30-12-22(33-21-5-3-2-4-20(21)30)24(32)27-15-8-6-14(7-9-15)23-28-18-10-16(25)17(26)11-19(18)29-23/h2-11,22H,12H2,1H3,(H,27,32)(H,28,29). The number of halogens is 2. The van der Waals surface area contributed by atoms with Crippen LogP contribution in [0.4, 0.5) is 20.2 Å². The third-order valence-electron chi connectivity index (χ3n) is 5.40. The summed E-state index contributed by atoms with van der Waals surface area (Å²) in [6.07, 6.45) is -0.872. The summed E-state index contributed by atoms with van der Waals surface area (Å²) in [5.41, 5.74) is 2.52. The minimum Gasteiger partial charge on any atom is -0.476 e. The highest BCUT2D eigenvalue weighted by Gasteiger charge is 2.32. The summed E-state index contributed by atoms with van der Waals surface area (Å²) in [4.78, 5) is 33.6. The second-order valence-electron chi connectivity index (χ2n) is 7.64. The third-order valence-corrected chi connectivity index (χ3v) is 5.40. The second-order valence-corrected chi connectivity index (χ2v) is 7.64. The molecule has 1 atom stereocenters. The number of H-pyrrole nitrogens is 1. The number of aromatic amines is 1. The molecule has 2 heterocycles. The number of carbonyl (C=O) groups excluding carboxylic acids is 2. The number of ether oxygens (including phenoxy) is 1. The first-order valence-corrected chi connectivity index (χ1v) is 10.2. The van der Waals surface area contributed by atoms with Crippen molar-refractivity contribution in [1.29, 1.82) is 0 Å². The molecule has 0 saturated heterocycles. The Balaban J connectivity index is 1.32. The summed E-state index contributed by atoms with van der Waals surface area (Å²) in [7, 11) is 0. The van der Waals surface area contributed by atoms with Gasteiger partial charge in [-0.25, -0.2) is 13.8 Å². The molecule has 0 fully saturated rings. The van der Waals surface area contributed by atoms with E-state index in [0.717, 1.165) is 12.1 Å². The van der Waals surface area contributed by atoms with Crippen molar-refractivity contribution < 1.29 is 23.1 Å². The monoisotopic (exact) mass is 448 g/mol. The van der Waals surface area contributed by atoms with E-state index < -0.39 is 23.6 Å². The maximum absolute atomic E-state index is 13.4. The summed E-state index contributed by atoms with van der Waals surface area (Å²) in [6.45, 7) is 1.54. The molecule has 1 aliphatic heterocycles. The molecule has 0 aliphatic carbocycles. The van der Waals surface area contributed by atoms with Crippen LogP contribution in [0.2, 0.25) is 0 Å². The van der Waals surface area contributed by atoms with E-state index in [1.54, 1.807) is 48.5 Å². The molecule has 1 aromatic heterocycles. The lowest BCUT2D eigenvalue weighted by Gasteiger charge is -2.33. The summed E-state index contributed by atoms with van der Waals surface area (Å²) >= 11 is 0. The van der Waals surface area contributed by atoms with Crippen molar-refractivity contribution in [2.75, 3.05) is 16.8 Å². The molecule has 0 spiro atoms. The number of aromatic nitrogens is 2. The molecule has 2 N–H and O–H groups in total. The molecule has 9 heteroatoms. The number of amides is 2. The van der Waals surface area contributed by atoms with Crippen molar-refractivity contribution in [3.8, 4) is 17.1 Å². The highest BCUT2D eigenvalue weighted by molar-refractivity contribution is 5.99. The molecule has 7 nitrogen and oxygen atoms in total. The van der Waals surface area contributed by atoms with E-state index in [9.17, 15) is 18.4 Å². The van der Waals surface area contributed by atoms with Gasteiger partial charge >= 0.3 is 0 Å². The Morgan fingerprint density at radius 2 is 1.82 bits per heavy atom. The van der Waals surface area contributed by atoms with Gasteiger partial charge < -0.3 is 19.9 Å². The van der Waals surface area contributed by atoms with Crippen LogP contribution in [0, 0.1) is 11.6 Å². The topological polar surface area (TPSA) is 87.3 Å². The van der Waals surface area contributed by atoms with Crippen LogP contribution in [0.3, 0.4) is 0 Å². The highest BCUT2D eigenvalue weighted by Crippen LogP contribution is 2.33. The Labute approximate surface area is 187 Å². The van der Waals surface area contributed by atoms with E-state index in [0.29, 0.717) is 39.5 Å². The molecule has 0 bridgehead atoms. The molecule has 1 aliphatic rings. The van der Waals surface area contributed by atoms with Crippen molar-refractivity contribution >= 4 is 34.2 Å². The van der Waals surface area contributed by atoms with Crippen LogP contribution in [-0.4, -0.2) is 34.4 Å². The van der Waals surface area contributed by atoms with E-state index in [2.05, 4.69) is 15.3 Å². The van der Waals surface area contributed by atoms with E-state index in [1.165, 1.54) is 11.8 Å². The number of hydrogen-bond acceptors (Lipinski definition) is 4. The highest BCUT2D eigenvalue weighted by atomic mass is 19.2. The number of nitrogens with zero attached hydrogens (tertiary/aromatic N) is 2. The van der Waals surface area contributed by atoms with Gasteiger partial charge in [0.05, 0.1) is 23.3 Å². The number of hydrogen-bond donors (Lipinski definition) is 2. The molecule has 166 valence electrons. The molecule has 3 aromatic carbocycles.